The molecule has 3 aromatic rings. The van der Waals surface area contributed by atoms with Crippen molar-refractivity contribution in [3.63, 3.8) is 0 Å². The molecule has 0 spiro atoms. The zero-order chi connectivity index (χ0) is 24.0. The van der Waals surface area contributed by atoms with E-state index in [0.717, 1.165) is 45.6 Å². The van der Waals surface area contributed by atoms with Crippen molar-refractivity contribution in [2.24, 2.45) is 0 Å². The molecule has 0 aliphatic rings. The first-order valence-electron chi connectivity index (χ1n) is 11.8. The van der Waals surface area contributed by atoms with Gasteiger partial charge in [0.1, 0.15) is 12.4 Å². The van der Waals surface area contributed by atoms with Crippen LogP contribution < -0.4 is 4.74 Å². The zero-order valence-electron chi connectivity index (χ0n) is 20.2. The summed E-state index contributed by atoms with van der Waals surface area (Å²) >= 11 is 0. The first kappa shape index (κ1) is 25.0. The van der Waals surface area contributed by atoms with Gasteiger partial charge >= 0.3 is 0 Å². The fourth-order valence-electron chi connectivity index (χ4n) is 4.31. The molecule has 0 heterocycles. The predicted molar refractivity (Wildman–Crippen MR) is 133 cm³/mol. The number of ether oxygens (including phenoxy) is 1. The molecule has 4 nitrogen and oxygen atoms in total. The highest BCUT2D eigenvalue weighted by atomic mass is 16.5. The smallest absolute Gasteiger partial charge is 0.120 e. The van der Waals surface area contributed by atoms with Crippen molar-refractivity contribution < 1.29 is 20.1 Å². The topological polar surface area (TPSA) is 69.9 Å². The van der Waals surface area contributed by atoms with E-state index in [1.165, 1.54) is 11.1 Å². The van der Waals surface area contributed by atoms with E-state index in [1.54, 1.807) is 0 Å². The summed E-state index contributed by atoms with van der Waals surface area (Å²) in [6.07, 6.45) is 2.25. The van der Waals surface area contributed by atoms with Crippen molar-refractivity contribution in [1.82, 2.24) is 0 Å². The maximum absolute atomic E-state index is 11.0. The fraction of sp³-hybridized carbons (Fsp3) is 0.379. The SMILES string of the molecule is CCc1cc(C(O)(CC)CC)ccc1-c1cc(OCc2ccc(CO)c(CO)c2)ccc1C. The second kappa shape index (κ2) is 11.0. The van der Waals surface area contributed by atoms with Gasteiger partial charge in [-0.2, -0.15) is 0 Å². The molecule has 0 amide bonds. The summed E-state index contributed by atoms with van der Waals surface area (Å²) in [6.45, 7) is 8.46. The maximum atomic E-state index is 11.0. The number of aliphatic hydroxyl groups excluding tert-OH is 2. The minimum absolute atomic E-state index is 0.0924. The third-order valence-corrected chi connectivity index (χ3v) is 6.71. The minimum Gasteiger partial charge on any atom is -0.489 e. The lowest BCUT2D eigenvalue weighted by Crippen LogP contribution is -2.23. The van der Waals surface area contributed by atoms with Gasteiger partial charge < -0.3 is 20.1 Å². The van der Waals surface area contributed by atoms with E-state index in [4.69, 9.17) is 4.74 Å². The van der Waals surface area contributed by atoms with E-state index in [9.17, 15) is 15.3 Å². The third-order valence-electron chi connectivity index (χ3n) is 6.71. The Morgan fingerprint density at radius 2 is 1.48 bits per heavy atom. The van der Waals surface area contributed by atoms with Gasteiger partial charge in [-0.1, -0.05) is 57.2 Å². The molecular formula is C29H36O4. The van der Waals surface area contributed by atoms with Gasteiger partial charge in [0.15, 0.2) is 0 Å². The average Bonchev–Trinajstić information content (AvgIpc) is 2.87. The highest BCUT2D eigenvalue weighted by molar-refractivity contribution is 5.72. The molecule has 0 atom stereocenters. The van der Waals surface area contributed by atoms with Gasteiger partial charge in [0.2, 0.25) is 0 Å². The molecular weight excluding hydrogens is 412 g/mol. The second-order valence-corrected chi connectivity index (χ2v) is 8.65. The van der Waals surface area contributed by atoms with Gasteiger partial charge in [0.25, 0.3) is 0 Å². The van der Waals surface area contributed by atoms with E-state index >= 15 is 0 Å². The van der Waals surface area contributed by atoms with Crippen molar-refractivity contribution in [3.8, 4) is 16.9 Å². The number of hydrogen-bond acceptors (Lipinski definition) is 4. The van der Waals surface area contributed by atoms with Gasteiger partial charge in [0.05, 0.1) is 18.8 Å². The molecule has 0 aliphatic heterocycles. The molecule has 0 fully saturated rings. The molecule has 3 aromatic carbocycles. The molecule has 0 saturated heterocycles. The molecule has 4 heteroatoms. The summed E-state index contributed by atoms with van der Waals surface area (Å²) in [5.74, 6) is 0.775. The van der Waals surface area contributed by atoms with E-state index in [-0.39, 0.29) is 13.2 Å². The van der Waals surface area contributed by atoms with Gasteiger partial charge in [-0.25, -0.2) is 0 Å². The van der Waals surface area contributed by atoms with Gasteiger partial charge in [-0.05, 0) is 88.9 Å². The normalized spacial score (nSPS) is 11.6. The number of hydrogen-bond donors (Lipinski definition) is 3. The number of aryl methyl sites for hydroxylation is 2. The summed E-state index contributed by atoms with van der Waals surface area (Å²) < 4.78 is 6.08. The first-order chi connectivity index (χ1) is 15.9. The Morgan fingerprint density at radius 3 is 2.12 bits per heavy atom. The van der Waals surface area contributed by atoms with Crippen molar-refractivity contribution in [2.45, 2.75) is 72.4 Å². The number of aliphatic hydroxyl groups is 3. The van der Waals surface area contributed by atoms with E-state index in [0.29, 0.717) is 19.4 Å². The summed E-state index contributed by atoms with van der Waals surface area (Å²) in [5.41, 5.74) is 7.23. The van der Waals surface area contributed by atoms with Crippen molar-refractivity contribution >= 4 is 0 Å². The van der Waals surface area contributed by atoms with Gasteiger partial charge in [-0.3, -0.25) is 0 Å². The number of benzene rings is 3. The molecule has 0 saturated carbocycles. The van der Waals surface area contributed by atoms with Gasteiger partial charge in [-0.15, -0.1) is 0 Å². The third kappa shape index (κ3) is 5.47. The standard InChI is InChI=1S/C29H36O4/c1-5-22-15-25(29(32,6-2)7-3)11-13-27(22)28-16-26(12-8-20(28)4)33-19-21-9-10-23(17-30)24(14-21)18-31/h8-16,30-32H,5-7,17-19H2,1-4H3. The highest BCUT2D eigenvalue weighted by Gasteiger charge is 2.25. The first-order valence-corrected chi connectivity index (χ1v) is 11.8. The van der Waals surface area contributed by atoms with Crippen LogP contribution >= 0.6 is 0 Å². The van der Waals surface area contributed by atoms with E-state index < -0.39 is 5.60 Å². The fourth-order valence-corrected chi connectivity index (χ4v) is 4.31. The minimum atomic E-state index is -0.790. The van der Waals surface area contributed by atoms with Crippen LogP contribution in [0.3, 0.4) is 0 Å². The van der Waals surface area contributed by atoms with E-state index in [1.807, 2.05) is 44.2 Å². The Morgan fingerprint density at radius 1 is 0.758 bits per heavy atom. The molecule has 0 bridgehead atoms. The van der Waals surface area contributed by atoms with Crippen LogP contribution in [0.15, 0.2) is 54.6 Å². The lowest BCUT2D eigenvalue weighted by Gasteiger charge is -2.27. The van der Waals surface area contributed by atoms with Crippen LogP contribution in [0.25, 0.3) is 11.1 Å². The lowest BCUT2D eigenvalue weighted by molar-refractivity contribution is 0.0283. The molecule has 3 N–H and O–H groups in total. The maximum Gasteiger partial charge on any atom is 0.120 e. The Hall–Kier alpha value is -2.66. The lowest BCUT2D eigenvalue weighted by atomic mass is 9.84. The largest absolute Gasteiger partial charge is 0.489 e. The average molecular weight is 449 g/mol. The Labute approximate surface area is 197 Å². The molecule has 3 rings (SSSR count). The Kier molecular flexibility index (Phi) is 8.30. The van der Waals surface area contributed by atoms with Crippen LogP contribution in [0.5, 0.6) is 5.75 Å². The van der Waals surface area contributed by atoms with Crippen molar-refractivity contribution in [3.05, 3.63) is 88.0 Å². The summed E-state index contributed by atoms with van der Waals surface area (Å²) in [4.78, 5) is 0. The van der Waals surface area contributed by atoms with Crippen molar-refractivity contribution in [2.75, 3.05) is 0 Å². The monoisotopic (exact) mass is 448 g/mol. The summed E-state index contributed by atoms with van der Waals surface area (Å²) in [5, 5.41) is 29.9. The Balaban J connectivity index is 1.89. The van der Waals surface area contributed by atoms with Crippen LogP contribution in [0.4, 0.5) is 0 Å². The van der Waals surface area contributed by atoms with Crippen LogP contribution in [-0.4, -0.2) is 15.3 Å². The molecule has 176 valence electrons. The van der Waals surface area contributed by atoms with Crippen LogP contribution in [0.2, 0.25) is 0 Å². The second-order valence-electron chi connectivity index (χ2n) is 8.65. The zero-order valence-corrected chi connectivity index (χ0v) is 20.2. The van der Waals surface area contributed by atoms with Crippen LogP contribution in [0.1, 0.15) is 67.0 Å². The molecule has 0 radical (unpaired) electrons. The van der Waals surface area contributed by atoms with Crippen LogP contribution in [-0.2, 0) is 31.8 Å². The molecule has 0 aromatic heterocycles. The quantitative estimate of drug-likeness (QED) is 0.367. The summed E-state index contributed by atoms with van der Waals surface area (Å²) in [7, 11) is 0. The van der Waals surface area contributed by atoms with Gasteiger partial charge in [0, 0.05) is 0 Å². The highest BCUT2D eigenvalue weighted by Crippen LogP contribution is 2.35. The Bertz CT molecular complexity index is 1080. The number of rotatable bonds is 10. The molecule has 33 heavy (non-hydrogen) atoms. The molecule has 0 unspecified atom stereocenters. The predicted octanol–water partition coefficient (Wildman–Crippen LogP) is 5.80. The summed E-state index contributed by atoms with van der Waals surface area (Å²) in [6, 6.07) is 18.0. The van der Waals surface area contributed by atoms with E-state index in [2.05, 4.69) is 38.1 Å². The molecule has 0 aliphatic carbocycles. The van der Waals surface area contributed by atoms with Crippen molar-refractivity contribution in [1.29, 1.82) is 0 Å². The van der Waals surface area contributed by atoms with Crippen LogP contribution in [0, 0.1) is 6.92 Å².